The van der Waals surface area contributed by atoms with Crippen LogP contribution in [0.3, 0.4) is 0 Å². The van der Waals surface area contributed by atoms with Crippen LogP contribution in [-0.2, 0) is 42.9 Å². The molecule has 3 aliphatic heterocycles. The van der Waals surface area contributed by atoms with Gasteiger partial charge in [0.05, 0.1) is 30.5 Å². The molecular formula is C47H77NO12. The van der Waals surface area contributed by atoms with Crippen LogP contribution >= 0.6 is 0 Å². The number of amides is 1. The van der Waals surface area contributed by atoms with Gasteiger partial charge in [0.2, 0.25) is 5.79 Å². The Morgan fingerprint density at radius 2 is 1.57 bits per heavy atom. The minimum absolute atomic E-state index is 0.000911. The average molecular weight is 848 g/mol. The molecule has 13 nitrogen and oxygen atoms in total. The summed E-state index contributed by atoms with van der Waals surface area (Å²) in [5.74, 6) is -7.43. The monoisotopic (exact) mass is 848 g/mol. The van der Waals surface area contributed by atoms with Crippen molar-refractivity contribution in [1.82, 2.24) is 4.90 Å². The second-order valence-corrected chi connectivity index (χ2v) is 18.6. The van der Waals surface area contributed by atoms with Gasteiger partial charge in [-0.25, -0.2) is 4.79 Å². The number of aliphatic hydroxyl groups is 3. The molecule has 0 radical (unpaired) electrons. The topological polar surface area (TPSA) is 178 Å². The fourth-order valence-corrected chi connectivity index (χ4v) is 10.1. The molecule has 0 aromatic heterocycles. The lowest BCUT2D eigenvalue weighted by molar-refractivity contribution is -0.302. The molecule has 2 saturated heterocycles. The molecule has 3 fully saturated rings. The molecule has 0 aromatic rings. The molecule has 3 heterocycles. The summed E-state index contributed by atoms with van der Waals surface area (Å²) in [6.45, 7) is 11.6. The summed E-state index contributed by atoms with van der Waals surface area (Å²) in [7, 11) is 4.66. The molecular weight excluding hydrogens is 771 g/mol. The van der Waals surface area contributed by atoms with Crippen LogP contribution < -0.4 is 0 Å². The van der Waals surface area contributed by atoms with E-state index < -0.39 is 83.9 Å². The normalized spacial score (nSPS) is 39.6. The van der Waals surface area contributed by atoms with Gasteiger partial charge in [0.15, 0.2) is 0 Å². The number of aliphatic hydroxyl groups excluding tert-OH is 2. The number of cyclic esters (lactones) is 1. The van der Waals surface area contributed by atoms with Crippen LogP contribution in [0.4, 0.5) is 0 Å². The highest BCUT2D eigenvalue weighted by Crippen LogP contribution is 2.39. The lowest BCUT2D eigenvalue weighted by Gasteiger charge is -2.47. The number of hydrogen-bond donors (Lipinski definition) is 3. The highest BCUT2D eigenvalue weighted by molar-refractivity contribution is 6.39. The highest BCUT2D eigenvalue weighted by Gasteiger charge is 2.56. The second-order valence-electron chi connectivity index (χ2n) is 18.6. The molecule has 1 saturated carbocycles. The maximum absolute atomic E-state index is 14.4. The van der Waals surface area contributed by atoms with Crippen LogP contribution in [-0.4, -0.2) is 126 Å². The zero-order valence-electron chi connectivity index (χ0n) is 37.9. The SMILES string of the molecule is CCCCCC[C@@H]1/C=C(\C)C[C@H](C)C[C@H](OC)[C@H]2O[C@@](O)(C(=O)C(=O)N3CCCC[C@H]3C(=O)O[C@H](/C(C)=C/[C@@H]3CC[C@@H](O)[C@H](OC)C3)[C@H](C)[C@@H](O)CC1=O)[C@H](C)C[C@@H]2OC. The van der Waals surface area contributed by atoms with E-state index in [9.17, 15) is 34.5 Å². The van der Waals surface area contributed by atoms with Crippen molar-refractivity contribution >= 4 is 23.4 Å². The van der Waals surface area contributed by atoms with Gasteiger partial charge in [0, 0.05) is 52.0 Å². The minimum Gasteiger partial charge on any atom is -0.456 e. The molecule has 342 valence electrons. The van der Waals surface area contributed by atoms with Crippen LogP contribution in [0.1, 0.15) is 138 Å². The average Bonchev–Trinajstić information content (AvgIpc) is 3.23. The van der Waals surface area contributed by atoms with Crippen molar-refractivity contribution in [2.75, 3.05) is 27.9 Å². The number of piperidine rings is 1. The standard InChI is InChI=1S/C47H77NO12/c1-10-11-12-13-16-34-22-28(2)21-29(3)23-40(57-8)43-41(58-9)25-31(5)47(55,60-43)44(52)45(53)48-20-15-14-17-35(48)46(54)59-42(32(6)37(50)27-38(34)51)30(4)24-33-18-19-36(49)39(26-33)56-7/h22,24,29,31-37,39-43,49-50,55H,10-21,23,25-27H2,1-9H3/b28-22+,30-24+/t29-,31+,32+,33-,34+,35-,36+,37-,39+,40-,41-,42+,43+,47+/m0/s1. The number of unbranched alkanes of at least 4 members (excludes halogenated alkanes) is 3. The quantitative estimate of drug-likeness (QED) is 0.101. The first-order valence-electron chi connectivity index (χ1n) is 22.8. The number of hydrogen-bond acceptors (Lipinski definition) is 12. The minimum atomic E-state index is -2.50. The first kappa shape index (κ1) is 50.1. The van der Waals surface area contributed by atoms with Gasteiger partial charge < -0.3 is 43.9 Å². The van der Waals surface area contributed by atoms with Crippen LogP contribution in [0.25, 0.3) is 0 Å². The molecule has 14 atom stereocenters. The van der Waals surface area contributed by atoms with Gasteiger partial charge in [-0.3, -0.25) is 14.4 Å². The van der Waals surface area contributed by atoms with E-state index in [1.807, 2.05) is 26.0 Å². The van der Waals surface area contributed by atoms with Gasteiger partial charge in [-0.15, -0.1) is 0 Å². The van der Waals surface area contributed by atoms with E-state index in [-0.39, 0.29) is 49.5 Å². The van der Waals surface area contributed by atoms with Gasteiger partial charge in [-0.05, 0) is 95.5 Å². The summed E-state index contributed by atoms with van der Waals surface area (Å²) < 4.78 is 30.0. The molecule has 2 bridgehead atoms. The maximum atomic E-state index is 14.4. The number of ketones is 2. The van der Waals surface area contributed by atoms with Gasteiger partial charge in [0.25, 0.3) is 11.7 Å². The van der Waals surface area contributed by atoms with E-state index in [2.05, 4.69) is 13.8 Å². The number of Topliss-reactive ketones (excluding diaryl/α,β-unsaturated/α-hetero) is 2. The Labute approximate surface area is 358 Å². The van der Waals surface area contributed by atoms with Gasteiger partial charge in [-0.2, -0.15) is 0 Å². The summed E-state index contributed by atoms with van der Waals surface area (Å²) >= 11 is 0. The molecule has 0 aromatic carbocycles. The van der Waals surface area contributed by atoms with Crippen LogP contribution in [0.2, 0.25) is 0 Å². The third-order valence-corrected chi connectivity index (χ3v) is 13.8. The van der Waals surface area contributed by atoms with E-state index in [1.165, 1.54) is 4.90 Å². The van der Waals surface area contributed by atoms with E-state index in [1.54, 1.807) is 35.2 Å². The third kappa shape index (κ3) is 12.6. The van der Waals surface area contributed by atoms with E-state index in [4.69, 9.17) is 23.7 Å². The number of rotatable bonds is 10. The van der Waals surface area contributed by atoms with Gasteiger partial charge >= 0.3 is 5.97 Å². The molecule has 0 spiro atoms. The molecule has 60 heavy (non-hydrogen) atoms. The fraction of sp³-hybridized carbons (Fsp3) is 0.830. The lowest BCUT2D eigenvalue weighted by atomic mass is 9.81. The smallest absolute Gasteiger partial charge is 0.329 e. The predicted octanol–water partition coefficient (Wildman–Crippen LogP) is 6.03. The number of methoxy groups -OCH3 is 3. The molecule has 4 rings (SSSR count). The molecule has 1 aliphatic carbocycles. The zero-order valence-corrected chi connectivity index (χ0v) is 37.9. The summed E-state index contributed by atoms with van der Waals surface area (Å²) in [6.07, 6.45) is 7.95. The van der Waals surface area contributed by atoms with E-state index in [0.29, 0.717) is 56.9 Å². The van der Waals surface area contributed by atoms with E-state index in [0.717, 1.165) is 31.3 Å². The molecule has 4 aliphatic rings. The van der Waals surface area contributed by atoms with Crippen molar-refractivity contribution in [1.29, 1.82) is 0 Å². The summed E-state index contributed by atoms with van der Waals surface area (Å²) in [5.41, 5.74) is 1.69. The van der Waals surface area contributed by atoms with Crippen molar-refractivity contribution in [3.63, 3.8) is 0 Å². The molecule has 3 N–H and O–H groups in total. The third-order valence-electron chi connectivity index (χ3n) is 13.8. The molecule has 0 unspecified atom stereocenters. The largest absolute Gasteiger partial charge is 0.456 e. The predicted molar refractivity (Wildman–Crippen MR) is 227 cm³/mol. The van der Waals surface area contributed by atoms with Gasteiger partial charge in [-0.1, -0.05) is 71.1 Å². The number of ether oxygens (including phenoxy) is 5. The first-order valence-corrected chi connectivity index (χ1v) is 22.8. The number of carbonyl (C=O) groups is 4. The van der Waals surface area contributed by atoms with E-state index >= 15 is 0 Å². The lowest BCUT2D eigenvalue weighted by Crippen LogP contribution is -2.64. The second kappa shape index (κ2) is 23.2. The van der Waals surface area contributed by atoms with Crippen molar-refractivity contribution in [2.24, 2.45) is 29.6 Å². The Hall–Kier alpha value is -2.52. The van der Waals surface area contributed by atoms with Crippen molar-refractivity contribution in [3.05, 3.63) is 23.3 Å². The van der Waals surface area contributed by atoms with Gasteiger partial charge in [0.1, 0.15) is 24.0 Å². The Morgan fingerprint density at radius 3 is 2.23 bits per heavy atom. The van der Waals surface area contributed by atoms with Crippen LogP contribution in [0.5, 0.6) is 0 Å². The summed E-state index contributed by atoms with van der Waals surface area (Å²) in [5, 5.41) is 34.4. The number of carbonyl (C=O) groups excluding carboxylic acids is 4. The van der Waals surface area contributed by atoms with Crippen molar-refractivity contribution in [3.8, 4) is 0 Å². The van der Waals surface area contributed by atoms with Crippen LogP contribution in [0, 0.1) is 29.6 Å². The fourth-order valence-electron chi connectivity index (χ4n) is 10.1. The van der Waals surface area contributed by atoms with Crippen LogP contribution in [0.15, 0.2) is 23.3 Å². The number of fused-ring (bicyclic) bond motifs is 3. The first-order chi connectivity index (χ1) is 28.5. The number of nitrogens with zero attached hydrogens (tertiary/aromatic N) is 1. The zero-order chi connectivity index (χ0) is 44.3. The Morgan fingerprint density at radius 1 is 0.883 bits per heavy atom. The Balaban J connectivity index is 1.78. The van der Waals surface area contributed by atoms with Crippen molar-refractivity contribution < 1.29 is 58.2 Å². The Bertz CT molecular complexity index is 1500. The van der Waals surface area contributed by atoms with Crippen molar-refractivity contribution in [2.45, 2.75) is 192 Å². The summed E-state index contributed by atoms with van der Waals surface area (Å²) in [4.78, 5) is 58.4. The molecule has 1 amide bonds. The Kier molecular flexibility index (Phi) is 19.4. The number of allylic oxidation sites excluding steroid dienone is 3. The maximum Gasteiger partial charge on any atom is 0.329 e. The summed E-state index contributed by atoms with van der Waals surface area (Å²) in [6, 6.07) is -1.13. The highest BCUT2D eigenvalue weighted by atomic mass is 16.7. The molecule has 13 heteroatoms. The number of esters is 1.